The van der Waals surface area contributed by atoms with Gasteiger partial charge in [-0.2, -0.15) is 0 Å². The number of anilines is 1. The molecule has 3 rings (SSSR count). The number of amides is 2. The van der Waals surface area contributed by atoms with Crippen LogP contribution in [0, 0.1) is 0 Å². The Bertz CT molecular complexity index is 648. The maximum atomic E-state index is 12.6. The third-order valence-corrected chi connectivity index (χ3v) is 5.51. The van der Waals surface area contributed by atoms with E-state index in [0.29, 0.717) is 42.1 Å². The summed E-state index contributed by atoms with van der Waals surface area (Å²) >= 11 is 1.47. The summed E-state index contributed by atoms with van der Waals surface area (Å²) in [6.45, 7) is 2.08. The van der Waals surface area contributed by atoms with Gasteiger partial charge in [-0.05, 0) is 31.9 Å². The number of nitrogens with zero attached hydrogens (tertiary/aromatic N) is 3. The Morgan fingerprint density at radius 3 is 2.85 bits per heavy atom. The Kier molecular flexibility index (Phi) is 6.71. The van der Waals surface area contributed by atoms with Gasteiger partial charge in [0.25, 0.3) is 5.91 Å². The quantitative estimate of drug-likeness (QED) is 0.411. The van der Waals surface area contributed by atoms with E-state index >= 15 is 0 Å². The van der Waals surface area contributed by atoms with Gasteiger partial charge in [0.2, 0.25) is 5.91 Å². The van der Waals surface area contributed by atoms with Crippen LogP contribution in [0.25, 0.3) is 0 Å². The first-order chi connectivity index (χ1) is 12.7. The molecule has 142 valence electrons. The first-order valence-corrected chi connectivity index (χ1v) is 10.6. The summed E-state index contributed by atoms with van der Waals surface area (Å²) in [4.78, 5) is 34.8. The van der Waals surface area contributed by atoms with E-state index in [9.17, 15) is 9.59 Å². The Labute approximate surface area is 158 Å². The number of rotatable bonds is 8. The average Bonchev–Trinajstić information content (AvgIpc) is 3.30. The lowest BCUT2D eigenvalue weighted by atomic mass is 10.2. The van der Waals surface area contributed by atoms with Gasteiger partial charge in [0.15, 0.2) is 5.16 Å². The third-order valence-electron chi connectivity index (χ3n) is 4.95. The van der Waals surface area contributed by atoms with Crippen molar-refractivity contribution in [3.63, 3.8) is 0 Å². The highest BCUT2D eigenvalue weighted by Gasteiger charge is 2.21. The number of aromatic nitrogens is 2. The van der Waals surface area contributed by atoms with Gasteiger partial charge >= 0.3 is 0 Å². The summed E-state index contributed by atoms with van der Waals surface area (Å²) in [5.74, 6) is 0.690. The van der Waals surface area contributed by atoms with E-state index in [0.717, 1.165) is 32.2 Å². The zero-order chi connectivity index (χ0) is 18.4. The second-order valence-corrected chi connectivity index (χ2v) is 7.61. The molecule has 0 spiro atoms. The summed E-state index contributed by atoms with van der Waals surface area (Å²) in [7, 11) is 0. The average molecular weight is 378 g/mol. The molecule has 8 heteroatoms. The standard InChI is InChI=1S/C18H27N5O2S/c1-26-18-20-12-14(16(22-18)21-13-6-2-3-7-13)17(25)19-9-5-11-23-10-4-8-15(23)24/h12-13H,2-11H2,1H3,(H,19,25)(H,20,21,22). The molecule has 1 aliphatic heterocycles. The summed E-state index contributed by atoms with van der Waals surface area (Å²) in [5, 5.41) is 7.03. The van der Waals surface area contributed by atoms with Crippen LogP contribution in [0.15, 0.2) is 11.4 Å². The fraction of sp³-hybridized carbons (Fsp3) is 0.667. The number of thioether (sulfide) groups is 1. The molecular weight excluding hydrogens is 350 g/mol. The normalized spacial score (nSPS) is 17.7. The van der Waals surface area contributed by atoms with E-state index in [1.54, 1.807) is 6.20 Å². The minimum Gasteiger partial charge on any atom is -0.367 e. The minimum absolute atomic E-state index is 0.161. The molecule has 0 bridgehead atoms. The van der Waals surface area contributed by atoms with Crippen molar-refractivity contribution < 1.29 is 9.59 Å². The van der Waals surface area contributed by atoms with Crippen LogP contribution in [-0.4, -0.2) is 58.6 Å². The smallest absolute Gasteiger partial charge is 0.256 e. The van der Waals surface area contributed by atoms with Crippen molar-refractivity contribution in [1.29, 1.82) is 0 Å². The lowest BCUT2D eigenvalue weighted by Gasteiger charge is -2.17. The fourth-order valence-electron chi connectivity index (χ4n) is 3.51. The number of nitrogens with one attached hydrogen (secondary N) is 2. The fourth-order valence-corrected chi connectivity index (χ4v) is 3.85. The highest BCUT2D eigenvalue weighted by Crippen LogP contribution is 2.24. The van der Waals surface area contributed by atoms with Crippen LogP contribution >= 0.6 is 11.8 Å². The summed E-state index contributed by atoms with van der Waals surface area (Å²) in [6.07, 6.45) is 10.6. The predicted molar refractivity (Wildman–Crippen MR) is 102 cm³/mol. The zero-order valence-electron chi connectivity index (χ0n) is 15.3. The van der Waals surface area contributed by atoms with Gasteiger partial charge < -0.3 is 15.5 Å². The molecule has 1 saturated carbocycles. The van der Waals surface area contributed by atoms with Gasteiger partial charge in [0.05, 0.1) is 0 Å². The highest BCUT2D eigenvalue weighted by molar-refractivity contribution is 7.98. The monoisotopic (exact) mass is 377 g/mol. The van der Waals surface area contributed by atoms with Gasteiger partial charge in [0.1, 0.15) is 11.4 Å². The Morgan fingerprint density at radius 1 is 1.35 bits per heavy atom. The van der Waals surface area contributed by atoms with Crippen LogP contribution in [0.4, 0.5) is 5.82 Å². The molecule has 0 atom stereocenters. The van der Waals surface area contributed by atoms with Crippen LogP contribution in [0.3, 0.4) is 0 Å². The molecule has 7 nitrogen and oxygen atoms in total. The molecule has 1 aliphatic carbocycles. The molecule has 2 N–H and O–H groups in total. The zero-order valence-corrected chi connectivity index (χ0v) is 16.1. The topological polar surface area (TPSA) is 87.2 Å². The van der Waals surface area contributed by atoms with E-state index in [4.69, 9.17) is 0 Å². The molecule has 1 aromatic rings. The van der Waals surface area contributed by atoms with Gasteiger partial charge in [-0.3, -0.25) is 9.59 Å². The number of carbonyl (C=O) groups is 2. The molecule has 2 fully saturated rings. The molecule has 0 unspecified atom stereocenters. The van der Waals surface area contributed by atoms with Crippen LogP contribution in [0.2, 0.25) is 0 Å². The number of carbonyl (C=O) groups excluding carboxylic acids is 2. The highest BCUT2D eigenvalue weighted by atomic mass is 32.2. The molecule has 2 amide bonds. The van der Waals surface area contributed by atoms with E-state index in [1.807, 2.05) is 11.2 Å². The van der Waals surface area contributed by atoms with Crippen molar-refractivity contribution in [2.45, 2.75) is 56.1 Å². The van der Waals surface area contributed by atoms with Crippen molar-refractivity contribution in [2.24, 2.45) is 0 Å². The molecule has 1 saturated heterocycles. The number of hydrogen-bond donors (Lipinski definition) is 2. The van der Waals surface area contributed by atoms with Crippen molar-refractivity contribution in [3.05, 3.63) is 11.8 Å². The molecule has 1 aromatic heterocycles. The number of likely N-dealkylation sites (tertiary alicyclic amines) is 1. The van der Waals surface area contributed by atoms with Crippen molar-refractivity contribution in [2.75, 3.05) is 31.2 Å². The molecule has 2 heterocycles. The van der Waals surface area contributed by atoms with Crippen molar-refractivity contribution in [1.82, 2.24) is 20.2 Å². The maximum absolute atomic E-state index is 12.6. The Morgan fingerprint density at radius 2 is 2.15 bits per heavy atom. The lowest BCUT2D eigenvalue weighted by molar-refractivity contribution is -0.127. The Hall–Kier alpha value is -1.83. The molecule has 26 heavy (non-hydrogen) atoms. The second kappa shape index (κ2) is 9.21. The van der Waals surface area contributed by atoms with E-state index < -0.39 is 0 Å². The van der Waals surface area contributed by atoms with Gasteiger partial charge in [-0.15, -0.1) is 0 Å². The summed E-state index contributed by atoms with van der Waals surface area (Å²) in [5.41, 5.74) is 0.493. The second-order valence-electron chi connectivity index (χ2n) is 6.84. The summed E-state index contributed by atoms with van der Waals surface area (Å²) in [6, 6.07) is 0.382. The first-order valence-electron chi connectivity index (χ1n) is 9.41. The summed E-state index contributed by atoms with van der Waals surface area (Å²) < 4.78 is 0. The van der Waals surface area contributed by atoms with E-state index in [-0.39, 0.29) is 11.8 Å². The third kappa shape index (κ3) is 4.87. The lowest BCUT2D eigenvalue weighted by Crippen LogP contribution is -2.31. The minimum atomic E-state index is -0.161. The predicted octanol–water partition coefficient (Wildman–Crippen LogP) is 2.30. The molecular formula is C18H27N5O2S. The number of hydrogen-bond acceptors (Lipinski definition) is 6. The van der Waals surface area contributed by atoms with Crippen LogP contribution < -0.4 is 10.6 Å². The van der Waals surface area contributed by atoms with Crippen molar-refractivity contribution >= 4 is 29.4 Å². The van der Waals surface area contributed by atoms with E-state index in [2.05, 4.69) is 20.6 Å². The van der Waals surface area contributed by atoms with Gasteiger partial charge in [-0.1, -0.05) is 24.6 Å². The molecule has 0 radical (unpaired) electrons. The van der Waals surface area contributed by atoms with Gasteiger partial charge in [0, 0.05) is 38.3 Å². The van der Waals surface area contributed by atoms with Crippen LogP contribution in [0.5, 0.6) is 0 Å². The largest absolute Gasteiger partial charge is 0.367 e. The van der Waals surface area contributed by atoms with Crippen LogP contribution in [0.1, 0.15) is 55.3 Å². The maximum Gasteiger partial charge on any atom is 0.256 e. The first kappa shape index (κ1) is 18.9. The van der Waals surface area contributed by atoms with Crippen molar-refractivity contribution in [3.8, 4) is 0 Å². The molecule has 2 aliphatic rings. The van der Waals surface area contributed by atoms with Crippen LogP contribution in [-0.2, 0) is 4.79 Å². The van der Waals surface area contributed by atoms with E-state index in [1.165, 1.54) is 24.6 Å². The SMILES string of the molecule is CSc1ncc(C(=O)NCCCN2CCCC2=O)c(NC2CCCC2)n1. The van der Waals surface area contributed by atoms with Gasteiger partial charge in [-0.25, -0.2) is 9.97 Å². The Balaban J connectivity index is 1.55. The molecule has 0 aromatic carbocycles.